The van der Waals surface area contributed by atoms with Crippen LogP contribution in [0.2, 0.25) is 0 Å². The molecular formula is C12H26O6. The molecule has 0 aromatic heterocycles. The van der Waals surface area contributed by atoms with E-state index < -0.39 is 0 Å². The van der Waals surface area contributed by atoms with Crippen LogP contribution in [-0.2, 0) is 14.7 Å². The predicted octanol–water partition coefficient (Wildman–Crippen LogP) is 3.19. The maximum absolute atomic E-state index is 8.36. The first-order valence-electron chi connectivity index (χ1n) is 6.54. The maximum atomic E-state index is 8.36. The molecule has 0 amide bonds. The fraction of sp³-hybridized carbons (Fsp3) is 1.00. The lowest BCUT2D eigenvalue weighted by Crippen LogP contribution is -2.22. The van der Waals surface area contributed by atoms with E-state index >= 15 is 0 Å². The Labute approximate surface area is 108 Å². The molecule has 0 aliphatic carbocycles. The third-order valence-corrected chi connectivity index (χ3v) is 3.58. The van der Waals surface area contributed by atoms with Crippen LogP contribution in [-0.4, -0.2) is 35.6 Å². The van der Waals surface area contributed by atoms with Crippen LogP contribution in [0.15, 0.2) is 0 Å². The molecule has 18 heavy (non-hydrogen) atoms. The van der Waals surface area contributed by atoms with Crippen molar-refractivity contribution in [3.63, 3.8) is 0 Å². The molecule has 0 unspecified atom stereocenters. The number of hydrogen-bond acceptors (Lipinski definition) is 6. The van der Waals surface area contributed by atoms with Gasteiger partial charge in [0.1, 0.15) is 0 Å². The highest BCUT2D eigenvalue weighted by Crippen LogP contribution is 2.38. The van der Waals surface area contributed by atoms with Crippen LogP contribution in [0, 0.1) is 5.41 Å². The van der Waals surface area contributed by atoms with Gasteiger partial charge in [0.05, 0.1) is 19.8 Å². The lowest BCUT2D eigenvalue weighted by molar-refractivity contribution is -0.247. The van der Waals surface area contributed by atoms with Gasteiger partial charge >= 0.3 is 0 Å². The Morgan fingerprint density at radius 3 is 1.28 bits per heavy atom. The molecular weight excluding hydrogens is 240 g/mol. The molecule has 0 bridgehead atoms. The molecule has 0 aliphatic heterocycles. The molecule has 0 aromatic rings. The molecule has 0 fully saturated rings. The van der Waals surface area contributed by atoms with Crippen molar-refractivity contribution in [2.45, 2.75) is 51.9 Å². The minimum Gasteiger partial charge on any atom is -0.252 e. The number of rotatable bonds is 13. The second-order valence-electron chi connectivity index (χ2n) is 4.66. The molecule has 0 aliphatic rings. The van der Waals surface area contributed by atoms with Gasteiger partial charge in [-0.25, -0.2) is 14.7 Å². The van der Waals surface area contributed by atoms with Crippen molar-refractivity contribution in [1.29, 1.82) is 0 Å². The Kier molecular flexibility index (Phi) is 11.7. The SMILES string of the molecule is CCC(CCCOO)(CCCOO)CCCOO. The van der Waals surface area contributed by atoms with Crippen LogP contribution in [0.3, 0.4) is 0 Å². The zero-order valence-electron chi connectivity index (χ0n) is 11.1. The molecule has 0 rings (SSSR count). The van der Waals surface area contributed by atoms with Crippen LogP contribution < -0.4 is 0 Å². The topological polar surface area (TPSA) is 88.4 Å². The van der Waals surface area contributed by atoms with Gasteiger partial charge in [-0.1, -0.05) is 13.3 Å². The minimum atomic E-state index is 0.121. The Balaban J connectivity index is 4.20. The van der Waals surface area contributed by atoms with Gasteiger partial charge in [-0.05, 0) is 43.9 Å². The van der Waals surface area contributed by atoms with Gasteiger partial charge in [-0.15, -0.1) is 0 Å². The Morgan fingerprint density at radius 2 is 1.06 bits per heavy atom. The van der Waals surface area contributed by atoms with Crippen molar-refractivity contribution in [3.05, 3.63) is 0 Å². The standard InChI is InChI=1S/C12H26O6/c1-2-12(6-3-9-16-13,7-4-10-17-14)8-5-11-18-15/h13-15H,2-11H2,1H3. The molecule has 0 atom stereocenters. The fourth-order valence-electron chi connectivity index (χ4n) is 2.44. The summed E-state index contributed by atoms with van der Waals surface area (Å²) >= 11 is 0. The third kappa shape index (κ3) is 7.97. The summed E-state index contributed by atoms with van der Waals surface area (Å²) in [4.78, 5) is 12.3. The van der Waals surface area contributed by atoms with E-state index in [4.69, 9.17) is 15.8 Å². The smallest absolute Gasteiger partial charge is 0.0820 e. The first-order chi connectivity index (χ1) is 8.74. The first-order valence-corrected chi connectivity index (χ1v) is 6.54. The summed E-state index contributed by atoms with van der Waals surface area (Å²) in [6.07, 6.45) is 6.14. The van der Waals surface area contributed by atoms with E-state index in [1.807, 2.05) is 0 Å². The van der Waals surface area contributed by atoms with Crippen molar-refractivity contribution >= 4 is 0 Å². The van der Waals surface area contributed by atoms with E-state index in [-0.39, 0.29) is 5.41 Å². The second kappa shape index (κ2) is 11.8. The molecule has 6 heteroatoms. The van der Waals surface area contributed by atoms with Crippen LogP contribution in [0.1, 0.15) is 51.9 Å². The zero-order chi connectivity index (χ0) is 13.7. The second-order valence-corrected chi connectivity index (χ2v) is 4.66. The number of hydrogen-bond donors (Lipinski definition) is 3. The largest absolute Gasteiger partial charge is 0.252 e. The van der Waals surface area contributed by atoms with Crippen molar-refractivity contribution in [2.75, 3.05) is 19.8 Å². The highest BCUT2D eigenvalue weighted by Gasteiger charge is 2.26. The molecule has 0 heterocycles. The molecule has 6 nitrogen and oxygen atoms in total. The van der Waals surface area contributed by atoms with E-state index in [1.54, 1.807) is 0 Å². The Bertz CT molecular complexity index is 149. The predicted molar refractivity (Wildman–Crippen MR) is 66.2 cm³/mol. The van der Waals surface area contributed by atoms with Crippen LogP contribution in [0.5, 0.6) is 0 Å². The molecule has 110 valence electrons. The van der Waals surface area contributed by atoms with Crippen molar-refractivity contribution in [2.24, 2.45) is 5.41 Å². The molecule has 0 saturated heterocycles. The van der Waals surface area contributed by atoms with E-state index in [9.17, 15) is 0 Å². The van der Waals surface area contributed by atoms with Gasteiger partial charge < -0.3 is 0 Å². The summed E-state index contributed by atoms with van der Waals surface area (Å²) in [6, 6.07) is 0. The van der Waals surface area contributed by atoms with E-state index in [1.165, 1.54) is 0 Å². The monoisotopic (exact) mass is 266 g/mol. The summed E-state index contributed by atoms with van der Waals surface area (Å²) in [6.45, 7) is 3.11. The van der Waals surface area contributed by atoms with Gasteiger partial charge in [-0.2, -0.15) is 0 Å². The molecule has 0 aromatic carbocycles. The summed E-state index contributed by atoms with van der Waals surface area (Å²) in [7, 11) is 0. The molecule has 0 radical (unpaired) electrons. The Hall–Kier alpha value is -0.240. The quantitative estimate of drug-likeness (QED) is 0.269. The first kappa shape index (κ1) is 17.8. The molecule has 3 N–H and O–H groups in total. The highest BCUT2D eigenvalue weighted by molar-refractivity contribution is 4.78. The van der Waals surface area contributed by atoms with Gasteiger partial charge in [0.25, 0.3) is 0 Å². The van der Waals surface area contributed by atoms with Crippen LogP contribution in [0.4, 0.5) is 0 Å². The summed E-state index contributed by atoms with van der Waals surface area (Å²) < 4.78 is 0. The fourth-order valence-corrected chi connectivity index (χ4v) is 2.44. The third-order valence-electron chi connectivity index (χ3n) is 3.58. The average molecular weight is 266 g/mol. The highest BCUT2D eigenvalue weighted by atomic mass is 17.1. The zero-order valence-corrected chi connectivity index (χ0v) is 11.1. The molecule has 0 spiro atoms. The lowest BCUT2D eigenvalue weighted by atomic mass is 9.73. The summed E-state index contributed by atoms with van der Waals surface area (Å²) in [5.41, 5.74) is 0.121. The van der Waals surface area contributed by atoms with Gasteiger partial charge in [0.15, 0.2) is 0 Å². The normalized spacial score (nSPS) is 12.0. The Morgan fingerprint density at radius 1 is 0.722 bits per heavy atom. The molecule has 0 saturated carbocycles. The van der Waals surface area contributed by atoms with Crippen molar-refractivity contribution in [3.8, 4) is 0 Å². The van der Waals surface area contributed by atoms with Crippen molar-refractivity contribution < 1.29 is 30.4 Å². The average Bonchev–Trinajstić information content (AvgIpc) is 2.39. The van der Waals surface area contributed by atoms with E-state index in [2.05, 4.69) is 21.6 Å². The van der Waals surface area contributed by atoms with Crippen LogP contribution >= 0.6 is 0 Å². The van der Waals surface area contributed by atoms with Gasteiger partial charge in [0.2, 0.25) is 0 Å². The van der Waals surface area contributed by atoms with Gasteiger partial charge in [-0.3, -0.25) is 15.8 Å². The summed E-state index contributed by atoms with van der Waals surface area (Å²) in [5.74, 6) is 0. The van der Waals surface area contributed by atoms with Crippen LogP contribution in [0.25, 0.3) is 0 Å². The summed E-state index contributed by atoms with van der Waals surface area (Å²) in [5, 5.41) is 25.1. The van der Waals surface area contributed by atoms with Gasteiger partial charge in [0, 0.05) is 0 Å². The van der Waals surface area contributed by atoms with E-state index in [0.717, 1.165) is 44.9 Å². The maximum Gasteiger partial charge on any atom is 0.0820 e. The van der Waals surface area contributed by atoms with Crippen molar-refractivity contribution in [1.82, 2.24) is 0 Å². The minimum absolute atomic E-state index is 0.121. The lowest BCUT2D eigenvalue weighted by Gasteiger charge is -2.33. The van der Waals surface area contributed by atoms with E-state index in [0.29, 0.717) is 19.8 Å².